The van der Waals surface area contributed by atoms with Crippen molar-refractivity contribution in [2.45, 2.75) is 19.3 Å². The molecule has 2 aliphatic rings. The first kappa shape index (κ1) is 19.7. The van der Waals surface area contributed by atoms with E-state index >= 15 is 0 Å². The highest BCUT2D eigenvalue weighted by Crippen LogP contribution is 2.50. The zero-order valence-electron chi connectivity index (χ0n) is 18.8. The van der Waals surface area contributed by atoms with E-state index in [-0.39, 0.29) is 22.6 Å². The molecule has 4 aromatic rings. The zero-order chi connectivity index (χ0) is 22.9. The second kappa shape index (κ2) is 6.76. The van der Waals surface area contributed by atoms with E-state index < -0.39 is 0 Å². The van der Waals surface area contributed by atoms with Crippen LogP contribution in [0.15, 0.2) is 84.4 Å². The van der Waals surface area contributed by atoms with Gasteiger partial charge >= 0.3 is 0 Å². The number of rotatable bonds is 1. The molecule has 1 aliphatic heterocycles. The molecule has 0 saturated carbocycles. The second-order valence-electron chi connectivity index (χ2n) is 9.40. The number of carbonyl (C=O) groups is 2. The van der Waals surface area contributed by atoms with Crippen molar-refractivity contribution >= 4 is 39.8 Å². The monoisotopic (exact) mass is 429 g/mol. The van der Waals surface area contributed by atoms with Gasteiger partial charge in [0.2, 0.25) is 0 Å². The van der Waals surface area contributed by atoms with Crippen LogP contribution in [-0.4, -0.2) is 18.6 Å². The lowest BCUT2D eigenvalue weighted by atomic mass is 9.72. The Balaban J connectivity index is 1.49. The Hall–Kier alpha value is -3.98. The minimum Gasteiger partial charge on any atom is -0.344 e. The molecule has 3 nitrogen and oxygen atoms in total. The summed E-state index contributed by atoms with van der Waals surface area (Å²) in [5.74, 6) is -0.388. The summed E-state index contributed by atoms with van der Waals surface area (Å²) in [6.45, 7) is 4.56. The van der Waals surface area contributed by atoms with Crippen molar-refractivity contribution < 1.29 is 9.59 Å². The van der Waals surface area contributed by atoms with Gasteiger partial charge in [0.05, 0.1) is 5.57 Å². The van der Waals surface area contributed by atoms with Gasteiger partial charge in [-0.3, -0.25) is 9.59 Å². The van der Waals surface area contributed by atoms with Crippen molar-refractivity contribution in [3.8, 4) is 0 Å². The first-order valence-corrected chi connectivity index (χ1v) is 11.2. The Morgan fingerprint density at radius 3 is 2.15 bits per heavy atom. The molecule has 1 aliphatic carbocycles. The number of para-hydroxylation sites is 1. The van der Waals surface area contributed by atoms with Crippen molar-refractivity contribution in [3.63, 3.8) is 0 Å². The highest BCUT2D eigenvalue weighted by atomic mass is 16.2. The number of ketones is 2. The highest BCUT2D eigenvalue weighted by Gasteiger charge is 2.36. The van der Waals surface area contributed by atoms with E-state index in [1.165, 1.54) is 27.9 Å². The lowest BCUT2D eigenvalue weighted by Gasteiger charge is -2.41. The number of benzene rings is 4. The van der Waals surface area contributed by atoms with Gasteiger partial charge in [-0.15, -0.1) is 0 Å². The summed E-state index contributed by atoms with van der Waals surface area (Å²) in [5.41, 5.74) is 6.95. The molecule has 0 unspecified atom stereocenters. The molecule has 0 fully saturated rings. The third-order valence-electron chi connectivity index (χ3n) is 7.16. The van der Waals surface area contributed by atoms with E-state index in [1.807, 2.05) is 6.07 Å². The SMILES string of the molecule is CN1c2ccccc2C(C)(C)c2c1ccc1cc(C=C3C(=O)c4ccccc4C3=O)ccc21. The number of anilines is 2. The van der Waals surface area contributed by atoms with Crippen molar-refractivity contribution in [1.29, 1.82) is 0 Å². The predicted octanol–water partition coefficient (Wildman–Crippen LogP) is 6.71. The summed E-state index contributed by atoms with van der Waals surface area (Å²) >= 11 is 0. The molecule has 160 valence electrons. The van der Waals surface area contributed by atoms with E-state index in [1.54, 1.807) is 30.3 Å². The predicted molar refractivity (Wildman–Crippen MR) is 134 cm³/mol. The van der Waals surface area contributed by atoms with Gasteiger partial charge in [-0.1, -0.05) is 74.5 Å². The van der Waals surface area contributed by atoms with Crippen LogP contribution in [0, 0.1) is 0 Å². The minimum atomic E-state index is -0.194. The van der Waals surface area contributed by atoms with Crippen LogP contribution in [-0.2, 0) is 5.41 Å². The third-order valence-corrected chi connectivity index (χ3v) is 7.16. The Morgan fingerprint density at radius 1 is 0.758 bits per heavy atom. The van der Waals surface area contributed by atoms with Crippen LogP contribution >= 0.6 is 0 Å². The van der Waals surface area contributed by atoms with Gasteiger partial charge < -0.3 is 4.90 Å². The van der Waals surface area contributed by atoms with E-state index in [4.69, 9.17) is 0 Å². The first-order valence-electron chi connectivity index (χ1n) is 11.2. The molecule has 0 bridgehead atoms. The summed E-state index contributed by atoms with van der Waals surface area (Å²) in [6, 6.07) is 26.1. The molecule has 3 heteroatoms. The number of Topliss-reactive ketones (excluding diaryl/α,β-unsaturated/α-hetero) is 2. The lowest BCUT2D eigenvalue weighted by Crippen LogP contribution is -2.31. The number of nitrogens with zero attached hydrogens (tertiary/aromatic N) is 1. The molecule has 0 radical (unpaired) electrons. The van der Waals surface area contributed by atoms with E-state index in [2.05, 4.69) is 74.3 Å². The second-order valence-corrected chi connectivity index (χ2v) is 9.40. The van der Waals surface area contributed by atoms with Crippen molar-refractivity contribution in [2.75, 3.05) is 11.9 Å². The fraction of sp³-hybridized carbons (Fsp3) is 0.133. The maximum absolute atomic E-state index is 12.8. The van der Waals surface area contributed by atoms with Crippen LogP contribution in [0.3, 0.4) is 0 Å². The Morgan fingerprint density at radius 2 is 1.42 bits per heavy atom. The molecule has 1 heterocycles. The van der Waals surface area contributed by atoms with E-state index in [0.717, 1.165) is 10.9 Å². The largest absolute Gasteiger partial charge is 0.344 e. The Kier molecular flexibility index (Phi) is 4.03. The maximum atomic E-state index is 12.8. The molecular weight excluding hydrogens is 406 g/mol. The summed E-state index contributed by atoms with van der Waals surface area (Å²) in [4.78, 5) is 27.9. The molecule has 0 N–H and O–H groups in total. The van der Waals surface area contributed by atoms with Crippen LogP contribution in [0.2, 0.25) is 0 Å². The normalized spacial score (nSPS) is 16.0. The fourth-order valence-electron chi connectivity index (χ4n) is 5.49. The quantitative estimate of drug-likeness (QED) is 0.249. The Bertz CT molecular complexity index is 1500. The molecule has 0 aromatic heterocycles. The van der Waals surface area contributed by atoms with Crippen LogP contribution < -0.4 is 4.90 Å². The number of allylic oxidation sites excluding steroid dienone is 1. The average Bonchev–Trinajstić information content (AvgIpc) is 3.07. The van der Waals surface area contributed by atoms with Crippen molar-refractivity contribution in [2.24, 2.45) is 0 Å². The molecule has 4 aromatic carbocycles. The molecule has 0 amide bonds. The van der Waals surface area contributed by atoms with E-state index in [0.29, 0.717) is 11.1 Å². The third kappa shape index (κ3) is 2.69. The van der Waals surface area contributed by atoms with Gasteiger partial charge in [-0.2, -0.15) is 0 Å². The number of hydrogen-bond acceptors (Lipinski definition) is 3. The van der Waals surface area contributed by atoms with Crippen LogP contribution in [0.4, 0.5) is 11.4 Å². The van der Waals surface area contributed by atoms with Crippen molar-refractivity contribution in [1.82, 2.24) is 0 Å². The fourth-order valence-corrected chi connectivity index (χ4v) is 5.49. The van der Waals surface area contributed by atoms with Gasteiger partial charge in [0, 0.05) is 35.0 Å². The molecule has 33 heavy (non-hydrogen) atoms. The van der Waals surface area contributed by atoms with Gasteiger partial charge in [-0.25, -0.2) is 0 Å². The molecule has 6 rings (SSSR count). The molecule has 0 saturated heterocycles. The highest BCUT2D eigenvalue weighted by molar-refractivity contribution is 6.41. The Labute approximate surface area is 193 Å². The van der Waals surface area contributed by atoms with Crippen LogP contribution in [0.25, 0.3) is 16.8 Å². The lowest BCUT2D eigenvalue weighted by molar-refractivity contribution is 0.0990. The summed E-state index contributed by atoms with van der Waals surface area (Å²) in [7, 11) is 2.12. The summed E-state index contributed by atoms with van der Waals surface area (Å²) in [6.07, 6.45) is 1.73. The van der Waals surface area contributed by atoms with Crippen LogP contribution in [0.5, 0.6) is 0 Å². The molecular formula is C30H23NO2. The minimum absolute atomic E-state index is 0.156. The van der Waals surface area contributed by atoms with Gasteiger partial charge in [0.25, 0.3) is 0 Å². The average molecular weight is 430 g/mol. The summed E-state index contributed by atoms with van der Waals surface area (Å²) < 4.78 is 0. The number of fused-ring (bicyclic) bond motifs is 5. The number of carbonyl (C=O) groups excluding carboxylic acids is 2. The van der Waals surface area contributed by atoms with Crippen LogP contribution in [0.1, 0.15) is 51.3 Å². The topological polar surface area (TPSA) is 37.4 Å². The summed E-state index contributed by atoms with van der Waals surface area (Å²) in [5, 5.41) is 2.28. The van der Waals surface area contributed by atoms with Crippen molar-refractivity contribution in [3.05, 3.63) is 112 Å². The van der Waals surface area contributed by atoms with E-state index in [9.17, 15) is 9.59 Å². The maximum Gasteiger partial charge on any atom is 0.197 e. The molecule has 0 spiro atoms. The van der Waals surface area contributed by atoms with Gasteiger partial charge in [0.1, 0.15) is 0 Å². The van der Waals surface area contributed by atoms with Gasteiger partial charge in [-0.05, 0) is 51.7 Å². The zero-order valence-corrected chi connectivity index (χ0v) is 18.8. The first-order chi connectivity index (χ1) is 15.9. The van der Waals surface area contributed by atoms with Gasteiger partial charge in [0.15, 0.2) is 11.6 Å². The number of hydrogen-bond donors (Lipinski definition) is 0. The smallest absolute Gasteiger partial charge is 0.197 e. The molecule has 0 atom stereocenters. The standard InChI is InChI=1S/C30H23NO2/c1-30(2)24-10-6-7-11-25(24)31(3)26-15-13-19-16-18(12-14-20(19)27(26)30)17-23-28(32)21-8-4-5-9-22(21)29(23)33/h4-17H,1-3H3.